The molecule has 0 fully saturated rings. The van der Waals surface area contributed by atoms with Gasteiger partial charge in [-0.05, 0) is 42.7 Å². The van der Waals surface area contributed by atoms with Crippen molar-refractivity contribution in [3.8, 4) is 0 Å². The van der Waals surface area contributed by atoms with E-state index >= 15 is 0 Å². The lowest BCUT2D eigenvalue weighted by Gasteiger charge is -2.18. The van der Waals surface area contributed by atoms with Crippen LogP contribution < -0.4 is 4.72 Å². The molecule has 7 nitrogen and oxygen atoms in total. The van der Waals surface area contributed by atoms with Crippen molar-refractivity contribution >= 4 is 27.5 Å². The van der Waals surface area contributed by atoms with E-state index < -0.39 is 21.2 Å². The van der Waals surface area contributed by atoms with E-state index in [0.29, 0.717) is 16.3 Å². The zero-order chi connectivity index (χ0) is 19.2. The minimum atomic E-state index is -4.05. The van der Waals surface area contributed by atoms with E-state index in [1.54, 1.807) is 24.3 Å². The summed E-state index contributed by atoms with van der Waals surface area (Å²) < 4.78 is 27.5. The molecule has 0 saturated heterocycles. The zero-order valence-electron chi connectivity index (χ0n) is 13.8. The van der Waals surface area contributed by atoms with Crippen LogP contribution in [0.3, 0.4) is 0 Å². The van der Waals surface area contributed by atoms with Crippen LogP contribution in [0.4, 0.5) is 0 Å². The topological polar surface area (TPSA) is 117 Å². The maximum Gasteiger partial charge on any atom is 0.266 e. The van der Waals surface area contributed by atoms with Crippen molar-refractivity contribution in [1.29, 1.82) is 0 Å². The number of benzene rings is 1. The Hall–Kier alpha value is -2.00. The summed E-state index contributed by atoms with van der Waals surface area (Å²) >= 11 is 5.84. The molecule has 1 unspecified atom stereocenters. The molecule has 1 aromatic heterocycles. The number of amides is 1. The summed E-state index contributed by atoms with van der Waals surface area (Å²) in [5.41, 5.74) is 0.895. The summed E-state index contributed by atoms with van der Waals surface area (Å²) in [4.78, 5) is 16.1. The van der Waals surface area contributed by atoms with Crippen molar-refractivity contribution in [1.82, 2.24) is 9.71 Å². The van der Waals surface area contributed by atoms with Gasteiger partial charge in [0.25, 0.3) is 5.91 Å². The number of aliphatic hydroxyl groups excluding tert-OH is 2. The van der Waals surface area contributed by atoms with E-state index in [9.17, 15) is 13.2 Å². The first-order valence-corrected chi connectivity index (χ1v) is 9.78. The summed E-state index contributed by atoms with van der Waals surface area (Å²) in [6, 6.07) is 9.10. The Morgan fingerprint density at radius 1 is 1.15 bits per heavy atom. The Bertz CT molecular complexity index is 838. The van der Waals surface area contributed by atoms with Gasteiger partial charge in [-0.3, -0.25) is 9.78 Å². The van der Waals surface area contributed by atoms with Gasteiger partial charge in [0, 0.05) is 17.8 Å². The second kappa shape index (κ2) is 9.09. The third-order valence-electron chi connectivity index (χ3n) is 3.72. The predicted molar refractivity (Wildman–Crippen MR) is 97.1 cm³/mol. The molecule has 9 heteroatoms. The normalized spacial score (nSPS) is 12.6. The van der Waals surface area contributed by atoms with Crippen LogP contribution in [0.5, 0.6) is 0 Å². The third-order valence-corrected chi connectivity index (χ3v) is 5.70. The number of aliphatic hydroxyl groups is 2. The van der Waals surface area contributed by atoms with Crippen LogP contribution in [0.15, 0.2) is 42.6 Å². The van der Waals surface area contributed by atoms with Crippen LogP contribution in [0.1, 0.15) is 39.7 Å². The molecule has 2 rings (SSSR count). The highest BCUT2D eigenvalue weighted by Crippen LogP contribution is 2.28. The molecular weight excluding hydrogens is 380 g/mol. The Balaban J connectivity index is 2.24. The largest absolute Gasteiger partial charge is 0.396 e. The highest BCUT2D eigenvalue weighted by Gasteiger charge is 2.29. The number of halogens is 1. The molecule has 26 heavy (non-hydrogen) atoms. The second-order valence-corrected chi connectivity index (χ2v) is 7.88. The van der Waals surface area contributed by atoms with E-state index in [0.717, 1.165) is 0 Å². The summed E-state index contributed by atoms with van der Waals surface area (Å²) in [5.74, 6) is -0.815. The van der Waals surface area contributed by atoms with Crippen molar-refractivity contribution in [2.75, 3.05) is 6.61 Å². The van der Waals surface area contributed by atoms with Crippen LogP contribution in [0, 0.1) is 0 Å². The molecule has 0 bridgehead atoms. The molecule has 1 heterocycles. The molecule has 140 valence electrons. The lowest BCUT2D eigenvalue weighted by atomic mass is 10.1. The molecular formula is C17H19ClN2O5S. The number of pyridine rings is 1. The molecule has 1 amide bonds. The van der Waals surface area contributed by atoms with E-state index in [1.807, 2.05) is 4.72 Å². The number of carbonyl (C=O) groups is 1. The third kappa shape index (κ3) is 5.25. The van der Waals surface area contributed by atoms with Gasteiger partial charge in [0.05, 0.1) is 17.9 Å². The van der Waals surface area contributed by atoms with Crippen LogP contribution in [0.25, 0.3) is 0 Å². The van der Waals surface area contributed by atoms with Crippen molar-refractivity contribution in [2.45, 2.75) is 24.7 Å². The lowest BCUT2D eigenvalue weighted by Crippen LogP contribution is -2.34. The maximum absolute atomic E-state index is 12.7. The highest BCUT2D eigenvalue weighted by atomic mass is 35.5. The van der Waals surface area contributed by atoms with Crippen LogP contribution in [-0.4, -0.2) is 36.1 Å². The Morgan fingerprint density at radius 3 is 2.38 bits per heavy atom. The minimum Gasteiger partial charge on any atom is -0.396 e. The van der Waals surface area contributed by atoms with E-state index in [2.05, 4.69) is 4.98 Å². The van der Waals surface area contributed by atoms with E-state index in [1.165, 1.54) is 18.3 Å². The number of hydrogen-bond donors (Lipinski definition) is 3. The highest BCUT2D eigenvalue weighted by molar-refractivity contribution is 7.90. The van der Waals surface area contributed by atoms with Crippen molar-refractivity contribution in [2.24, 2.45) is 0 Å². The number of rotatable bonds is 8. The average molecular weight is 399 g/mol. The van der Waals surface area contributed by atoms with Crippen LogP contribution in [-0.2, 0) is 16.6 Å². The molecule has 0 saturated carbocycles. The molecule has 3 N–H and O–H groups in total. The molecule has 1 aromatic carbocycles. The smallest absolute Gasteiger partial charge is 0.266 e. The summed E-state index contributed by atoms with van der Waals surface area (Å²) in [7, 11) is -4.05. The first kappa shape index (κ1) is 20.3. The van der Waals surface area contributed by atoms with Crippen LogP contribution in [0.2, 0.25) is 5.02 Å². The molecule has 1 atom stereocenters. The monoisotopic (exact) mass is 398 g/mol. The molecule has 0 aliphatic heterocycles. The predicted octanol–water partition coefficient (Wildman–Crippen LogP) is 1.80. The van der Waals surface area contributed by atoms with Crippen molar-refractivity contribution in [3.63, 3.8) is 0 Å². The van der Waals surface area contributed by atoms with Gasteiger partial charge in [-0.1, -0.05) is 23.7 Å². The van der Waals surface area contributed by atoms with E-state index in [4.69, 9.17) is 21.8 Å². The van der Waals surface area contributed by atoms with Crippen molar-refractivity contribution < 1.29 is 23.4 Å². The molecule has 2 aromatic rings. The number of nitrogens with zero attached hydrogens (tertiary/aromatic N) is 1. The first-order valence-electron chi connectivity index (χ1n) is 7.85. The maximum atomic E-state index is 12.7. The van der Waals surface area contributed by atoms with Gasteiger partial charge >= 0.3 is 0 Å². The van der Waals surface area contributed by atoms with Gasteiger partial charge < -0.3 is 10.2 Å². The zero-order valence-corrected chi connectivity index (χ0v) is 15.4. The van der Waals surface area contributed by atoms with Crippen molar-refractivity contribution in [3.05, 3.63) is 64.4 Å². The fourth-order valence-electron chi connectivity index (χ4n) is 2.37. The Kier molecular flexibility index (Phi) is 7.10. The van der Waals surface area contributed by atoms with Gasteiger partial charge in [0.2, 0.25) is 10.0 Å². The number of aromatic nitrogens is 1. The molecule has 0 aliphatic carbocycles. The number of sulfonamides is 1. The van der Waals surface area contributed by atoms with E-state index in [-0.39, 0.29) is 31.6 Å². The van der Waals surface area contributed by atoms with Gasteiger partial charge in [-0.15, -0.1) is 0 Å². The minimum absolute atomic E-state index is 0.0581. The fraction of sp³-hybridized carbons (Fsp3) is 0.294. The SMILES string of the molecule is O=C(NS(=O)(=O)C(CCCO)c1ccc(Cl)cc1)c1ccc(CO)nc1. The number of nitrogens with one attached hydrogen (secondary N) is 1. The first-order chi connectivity index (χ1) is 12.4. The van der Waals surface area contributed by atoms with Crippen LogP contribution >= 0.6 is 11.6 Å². The Morgan fingerprint density at radius 2 is 1.85 bits per heavy atom. The molecule has 0 radical (unpaired) electrons. The fourth-order valence-corrected chi connectivity index (χ4v) is 4.00. The number of carbonyl (C=O) groups excluding carboxylic acids is 1. The summed E-state index contributed by atoms with van der Waals surface area (Å²) in [5, 5.41) is 17.5. The quantitative estimate of drug-likeness (QED) is 0.624. The van der Waals surface area contributed by atoms with Gasteiger partial charge in [-0.25, -0.2) is 13.1 Å². The molecule has 0 aliphatic rings. The Labute approximate surface area is 156 Å². The molecule has 0 spiro atoms. The lowest BCUT2D eigenvalue weighted by molar-refractivity contribution is 0.0980. The van der Waals surface area contributed by atoms with Gasteiger partial charge in [0.1, 0.15) is 5.25 Å². The number of hydrogen-bond acceptors (Lipinski definition) is 6. The summed E-state index contributed by atoms with van der Waals surface area (Å²) in [6.45, 7) is -0.444. The average Bonchev–Trinajstić information content (AvgIpc) is 2.63. The van der Waals surface area contributed by atoms with Gasteiger partial charge in [0.15, 0.2) is 0 Å². The van der Waals surface area contributed by atoms with Gasteiger partial charge in [-0.2, -0.15) is 0 Å². The standard InChI is InChI=1S/C17H19ClN2O5S/c18-14-6-3-12(4-7-14)16(2-1-9-21)26(24,25)20-17(23)13-5-8-15(11-22)19-10-13/h3-8,10,16,21-22H,1-2,9,11H2,(H,20,23). The summed E-state index contributed by atoms with van der Waals surface area (Å²) in [6.07, 6.45) is 1.60. The second-order valence-electron chi connectivity index (χ2n) is 5.58.